The van der Waals surface area contributed by atoms with E-state index in [4.69, 9.17) is 4.42 Å². The molecule has 2 heterocycles. The van der Waals surface area contributed by atoms with E-state index in [-0.39, 0.29) is 29.2 Å². The first-order chi connectivity index (χ1) is 11.5. The van der Waals surface area contributed by atoms with Crippen LogP contribution in [0.1, 0.15) is 17.7 Å². The van der Waals surface area contributed by atoms with Crippen LogP contribution >= 0.6 is 0 Å². The van der Waals surface area contributed by atoms with Gasteiger partial charge in [-0.1, -0.05) is 0 Å². The van der Waals surface area contributed by atoms with Gasteiger partial charge in [0.2, 0.25) is 0 Å². The highest BCUT2D eigenvalue weighted by Gasteiger charge is 2.28. The summed E-state index contributed by atoms with van der Waals surface area (Å²) in [6.45, 7) is 0.184. The summed E-state index contributed by atoms with van der Waals surface area (Å²) in [5, 5.41) is 6.46. The van der Waals surface area contributed by atoms with Gasteiger partial charge >= 0.3 is 6.03 Å². The summed E-state index contributed by atoms with van der Waals surface area (Å²) >= 11 is 0. The Hall–Kier alpha value is -2.68. The molecule has 0 fully saturated rings. The zero-order valence-electron chi connectivity index (χ0n) is 12.5. The fraction of sp³-hybridized carbons (Fsp3) is 0.200. The average Bonchev–Trinajstić information content (AvgIpc) is 3.05. The minimum absolute atomic E-state index is 0.0201. The molecule has 2 aromatic rings. The highest BCUT2D eigenvalue weighted by atomic mass is 32.2. The fourth-order valence-electron chi connectivity index (χ4n) is 2.33. The molecule has 24 heavy (non-hydrogen) atoms. The Labute approximate surface area is 137 Å². The molecular formula is C15H14FN3O4S. The Morgan fingerprint density at radius 3 is 2.92 bits per heavy atom. The van der Waals surface area contributed by atoms with Crippen molar-refractivity contribution in [2.75, 3.05) is 5.75 Å². The molecule has 1 aliphatic rings. The van der Waals surface area contributed by atoms with Crippen LogP contribution in [0.15, 0.2) is 51.0 Å². The minimum atomic E-state index is -3.46. The molecule has 0 unspecified atom stereocenters. The molecule has 0 spiro atoms. The largest absolute Gasteiger partial charge is 0.467 e. The van der Waals surface area contributed by atoms with Gasteiger partial charge in [-0.25, -0.2) is 23.0 Å². The molecule has 0 aliphatic carbocycles. The van der Waals surface area contributed by atoms with Gasteiger partial charge in [-0.05, 0) is 30.3 Å². The standard InChI is InChI=1S/C15H14FN3O4S/c16-10-3-4-14-12(8-10)13(5-7-24(14,21)22)18-19-15(20)17-9-11-2-1-6-23-11/h1-4,6,8H,5,7,9H2,(H2,17,19,20). The normalized spacial score (nSPS) is 17.3. The molecule has 0 bridgehead atoms. The van der Waals surface area contributed by atoms with E-state index in [2.05, 4.69) is 15.8 Å². The van der Waals surface area contributed by atoms with Crippen molar-refractivity contribution in [2.24, 2.45) is 5.10 Å². The number of urea groups is 1. The topological polar surface area (TPSA) is 101 Å². The molecule has 0 saturated carbocycles. The van der Waals surface area contributed by atoms with E-state index in [9.17, 15) is 17.6 Å². The van der Waals surface area contributed by atoms with Gasteiger partial charge in [0.1, 0.15) is 11.6 Å². The lowest BCUT2D eigenvalue weighted by atomic mass is 10.1. The molecule has 0 saturated heterocycles. The average molecular weight is 351 g/mol. The second-order valence-corrected chi connectivity index (χ2v) is 7.22. The predicted molar refractivity (Wildman–Crippen MR) is 83.7 cm³/mol. The van der Waals surface area contributed by atoms with Gasteiger partial charge in [0.25, 0.3) is 0 Å². The van der Waals surface area contributed by atoms with Crippen LogP contribution in [-0.2, 0) is 16.4 Å². The van der Waals surface area contributed by atoms with Crippen LogP contribution in [0.4, 0.5) is 9.18 Å². The van der Waals surface area contributed by atoms with Gasteiger partial charge in [0, 0.05) is 12.0 Å². The highest BCUT2D eigenvalue weighted by molar-refractivity contribution is 7.91. The molecule has 1 aromatic heterocycles. The van der Waals surface area contributed by atoms with Crippen LogP contribution in [0.25, 0.3) is 0 Å². The van der Waals surface area contributed by atoms with Gasteiger partial charge in [0.05, 0.1) is 29.2 Å². The number of fused-ring (bicyclic) bond motifs is 1. The number of furan rings is 1. The molecule has 9 heteroatoms. The number of nitrogens with zero attached hydrogens (tertiary/aromatic N) is 1. The van der Waals surface area contributed by atoms with E-state index < -0.39 is 21.7 Å². The molecule has 126 valence electrons. The molecule has 1 aliphatic heterocycles. The van der Waals surface area contributed by atoms with Gasteiger partial charge in [0.15, 0.2) is 9.84 Å². The zero-order chi connectivity index (χ0) is 17.2. The van der Waals surface area contributed by atoms with Crippen LogP contribution in [0.3, 0.4) is 0 Å². The molecule has 0 atom stereocenters. The Bertz CT molecular complexity index is 891. The number of hydrazone groups is 1. The molecule has 1 aromatic carbocycles. The molecule has 3 rings (SSSR count). The second kappa shape index (κ2) is 6.44. The summed E-state index contributed by atoms with van der Waals surface area (Å²) < 4.78 is 42.5. The number of nitrogens with one attached hydrogen (secondary N) is 2. The zero-order valence-corrected chi connectivity index (χ0v) is 13.3. The summed E-state index contributed by atoms with van der Waals surface area (Å²) in [5.41, 5.74) is 2.77. The van der Waals surface area contributed by atoms with Crippen LogP contribution in [-0.4, -0.2) is 25.9 Å². The summed E-state index contributed by atoms with van der Waals surface area (Å²) in [6.07, 6.45) is 1.58. The Morgan fingerprint density at radius 1 is 1.33 bits per heavy atom. The number of hydrogen-bond donors (Lipinski definition) is 2. The van der Waals surface area contributed by atoms with Gasteiger partial charge in [-0.2, -0.15) is 5.10 Å². The van der Waals surface area contributed by atoms with E-state index in [0.717, 1.165) is 12.1 Å². The number of halogens is 1. The van der Waals surface area contributed by atoms with Crippen molar-refractivity contribution in [3.05, 3.63) is 53.7 Å². The van der Waals surface area contributed by atoms with Crippen molar-refractivity contribution in [3.63, 3.8) is 0 Å². The molecule has 7 nitrogen and oxygen atoms in total. The molecular weight excluding hydrogens is 337 g/mol. The first-order valence-corrected chi connectivity index (χ1v) is 8.76. The van der Waals surface area contributed by atoms with Gasteiger partial charge < -0.3 is 9.73 Å². The predicted octanol–water partition coefficient (Wildman–Crippen LogP) is 1.80. The second-order valence-electron chi connectivity index (χ2n) is 5.14. The maximum atomic E-state index is 13.4. The molecule has 2 amide bonds. The van der Waals surface area contributed by atoms with Crippen molar-refractivity contribution in [2.45, 2.75) is 17.9 Å². The highest BCUT2D eigenvalue weighted by Crippen LogP contribution is 2.26. The smallest absolute Gasteiger partial charge is 0.335 e. The minimum Gasteiger partial charge on any atom is -0.467 e. The quantitative estimate of drug-likeness (QED) is 0.650. The Morgan fingerprint density at radius 2 is 2.17 bits per heavy atom. The van der Waals surface area contributed by atoms with E-state index in [0.29, 0.717) is 11.5 Å². The van der Waals surface area contributed by atoms with Crippen LogP contribution in [0.5, 0.6) is 0 Å². The van der Waals surface area contributed by atoms with Crippen molar-refractivity contribution in [3.8, 4) is 0 Å². The van der Waals surface area contributed by atoms with Crippen LogP contribution < -0.4 is 10.7 Å². The maximum Gasteiger partial charge on any atom is 0.335 e. The van der Waals surface area contributed by atoms with Gasteiger partial charge in [-0.3, -0.25) is 0 Å². The van der Waals surface area contributed by atoms with E-state index >= 15 is 0 Å². The third kappa shape index (κ3) is 3.46. The first kappa shape index (κ1) is 16.2. The van der Waals surface area contributed by atoms with Crippen molar-refractivity contribution >= 4 is 21.6 Å². The van der Waals surface area contributed by atoms with Gasteiger partial charge in [-0.15, -0.1) is 0 Å². The van der Waals surface area contributed by atoms with Crippen molar-refractivity contribution < 1.29 is 22.0 Å². The lowest BCUT2D eigenvalue weighted by Gasteiger charge is -2.18. The first-order valence-electron chi connectivity index (χ1n) is 7.11. The van der Waals surface area contributed by atoms with Crippen molar-refractivity contribution in [1.82, 2.24) is 10.7 Å². The van der Waals surface area contributed by atoms with E-state index in [1.165, 1.54) is 12.3 Å². The molecule has 2 N–H and O–H groups in total. The monoisotopic (exact) mass is 351 g/mol. The fourth-order valence-corrected chi connectivity index (χ4v) is 3.80. The van der Waals surface area contributed by atoms with Crippen molar-refractivity contribution in [1.29, 1.82) is 0 Å². The lowest BCUT2D eigenvalue weighted by molar-refractivity contribution is 0.240. The van der Waals surface area contributed by atoms with Crippen LogP contribution in [0.2, 0.25) is 0 Å². The SMILES string of the molecule is O=C(NCc1ccco1)NN=C1CCS(=O)(=O)c2ccc(F)cc21. The molecule has 0 radical (unpaired) electrons. The summed E-state index contributed by atoms with van der Waals surface area (Å²) in [7, 11) is -3.46. The summed E-state index contributed by atoms with van der Waals surface area (Å²) in [4.78, 5) is 11.7. The Balaban J connectivity index is 1.74. The number of carbonyl (C=O) groups excluding carboxylic acids is 1. The lowest BCUT2D eigenvalue weighted by Crippen LogP contribution is -2.33. The number of sulfone groups is 1. The van der Waals surface area contributed by atoms with E-state index in [1.807, 2.05) is 0 Å². The number of hydrogen-bond acceptors (Lipinski definition) is 5. The number of rotatable bonds is 3. The number of amides is 2. The third-order valence-corrected chi connectivity index (χ3v) is 5.26. The Kier molecular flexibility index (Phi) is 4.34. The summed E-state index contributed by atoms with van der Waals surface area (Å²) in [6, 6.07) is 6.23. The number of benzene rings is 1. The van der Waals surface area contributed by atoms with E-state index in [1.54, 1.807) is 12.1 Å². The summed E-state index contributed by atoms with van der Waals surface area (Å²) in [5.74, 6) is -0.130. The maximum absolute atomic E-state index is 13.4. The third-order valence-electron chi connectivity index (χ3n) is 3.49. The van der Waals surface area contributed by atoms with Crippen LogP contribution in [0, 0.1) is 5.82 Å². The number of carbonyl (C=O) groups is 1.